The highest BCUT2D eigenvalue weighted by Gasteiger charge is 2.20. The Kier molecular flexibility index (Phi) is 6.44. The van der Waals surface area contributed by atoms with Gasteiger partial charge in [0.15, 0.2) is 14.6 Å². The van der Waals surface area contributed by atoms with Gasteiger partial charge in [0.25, 0.3) is 5.91 Å². The van der Waals surface area contributed by atoms with Crippen molar-refractivity contribution in [1.82, 2.24) is 4.57 Å². The number of ether oxygens (including phenoxy) is 1. The van der Waals surface area contributed by atoms with E-state index in [0.717, 1.165) is 15.8 Å². The molecule has 0 radical (unpaired) electrons. The number of hydrogen-bond donors (Lipinski definition) is 0. The molecule has 0 unspecified atom stereocenters. The van der Waals surface area contributed by atoms with Crippen LogP contribution in [0.1, 0.15) is 25.3 Å². The molecule has 0 bridgehead atoms. The first-order valence-corrected chi connectivity index (χ1v) is 11.7. The minimum Gasteiger partial charge on any atom is -0.497 e. The number of carbonyl (C=O) groups excluding carboxylic acids is 1. The summed E-state index contributed by atoms with van der Waals surface area (Å²) < 4.78 is 32.9. The van der Waals surface area contributed by atoms with Gasteiger partial charge in [0.1, 0.15) is 11.5 Å². The third kappa shape index (κ3) is 4.64. The van der Waals surface area contributed by atoms with Crippen molar-refractivity contribution in [1.29, 1.82) is 0 Å². The Labute approximate surface area is 179 Å². The number of rotatable bonds is 6. The van der Waals surface area contributed by atoms with Crippen LogP contribution in [0.4, 0.5) is 0 Å². The highest BCUT2D eigenvalue weighted by molar-refractivity contribution is 7.92. The predicted octanol–water partition coefficient (Wildman–Crippen LogP) is 3.37. The summed E-state index contributed by atoms with van der Waals surface area (Å²) in [4.78, 5) is 17.0. The smallest absolute Gasteiger partial charge is 0.263 e. The van der Waals surface area contributed by atoms with E-state index in [4.69, 9.17) is 11.2 Å². The molecule has 6 nitrogen and oxygen atoms in total. The maximum atomic E-state index is 12.6. The summed E-state index contributed by atoms with van der Waals surface area (Å²) in [6.45, 7) is 4.44. The molecule has 3 rings (SSSR count). The maximum absolute atomic E-state index is 12.6. The lowest BCUT2D eigenvalue weighted by molar-refractivity contribution is -0.115. The summed E-state index contributed by atoms with van der Waals surface area (Å²) in [6, 6.07) is 11.9. The lowest BCUT2D eigenvalue weighted by Crippen LogP contribution is -2.20. The zero-order valence-electron chi connectivity index (χ0n) is 17.0. The van der Waals surface area contributed by atoms with Gasteiger partial charge in [-0.15, -0.1) is 6.42 Å². The van der Waals surface area contributed by atoms with E-state index < -0.39 is 21.5 Å². The van der Waals surface area contributed by atoms with Gasteiger partial charge in [0, 0.05) is 0 Å². The molecule has 0 spiro atoms. The van der Waals surface area contributed by atoms with Crippen molar-refractivity contribution in [3.05, 3.63) is 52.8 Å². The normalized spacial score (nSPS) is 12.3. The van der Waals surface area contributed by atoms with E-state index in [1.807, 2.05) is 12.1 Å². The van der Waals surface area contributed by atoms with E-state index in [9.17, 15) is 13.2 Å². The van der Waals surface area contributed by atoms with Crippen LogP contribution in [0.3, 0.4) is 0 Å². The lowest BCUT2D eigenvalue weighted by atomic mass is 10.0. The van der Waals surface area contributed by atoms with Crippen LogP contribution >= 0.6 is 11.3 Å². The SMILES string of the molecule is C#CCn1c(=NC(=O)CS(=O)(=O)c2ccc(OC)cc2)sc2cc(C(C)C)ccc21. The molecule has 1 heterocycles. The van der Waals surface area contributed by atoms with Crippen LogP contribution in [-0.4, -0.2) is 31.8 Å². The van der Waals surface area contributed by atoms with Gasteiger partial charge in [-0.2, -0.15) is 4.99 Å². The minimum atomic E-state index is -3.82. The molecule has 0 N–H and O–H groups in total. The molecule has 1 aromatic heterocycles. The quantitative estimate of drug-likeness (QED) is 0.549. The first kappa shape index (κ1) is 21.8. The molecule has 0 saturated carbocycles. The second-order valence-electron chi connectivity index (χ2n) is 7.00. The number of aromatic nitrogens is 1. The highest BCUT2D eigenvalue weighted by Crippen LogP contribution is 2.23. The minimum absolute atomic E-state index is 0.0428. The Morgan fingerprint density at radius 2 is 1.93 bits per heavy atom. The largest absolute Gasteiger partial charge is 0.497 e. The van der Waals surface area contributed by atoms with Gasteiger partial charge in [0.2, 0.25) is 0 Å². The fraction of sp³-hybridized carbons (Fsp3) is 0.273. The maximum Gasteiger partial charge on any atom is 0.263 e. The van der Waals surface area contributed by atoms with Crippen molar-refractivity contribution in [2.24, 2.45) is 4.99 Å². The van der Waals surface area contributed by atoms with Gasteiger partial charge in [-0.05, 0) is 47.9 Å². The number of hydrogen-bond acceptors (Lipinski definition) is 5. The third-order valence-corrected chi connectivity index (χ3v) is 7.23. The van der Waals surface area contributed by atoms with Gasteiger partial charge >= 0.3 is 0 Å². The predicted molar refractivity (Wildman–Crippen MR) is 118 cm³/mol. The molecule has 156 valence electrons. The van der Waals surface area contributed by atoms with Crippen molar-refractivity contribution in [3.8, 4) is 18.1 Å². The Balaban J connectivity index is 1.97. The number of methoxy groups -OCH3 is 1. The summed E-state index contributed by atoms with van der Waals surface area (Å²) in [5, 5.41) is 0. The van der Waals surface area contributed by atoms with E-state index in [0.29, 0.717) is 16.5 Å². The number of terminal acetylenes is 1. The number of thiazole rings is 1. The van der Waals surface area contributed by atoms with E-state index >= 15 is 0 Å². The Bertz CT molecular complexity index is 1290. The molecule has 0 saturated heterocycles. The summed E-state index contributed by atoms with van der Waals surface area (Å²) in [6.07, 6.45) is 5.49. The number of benzene rings is 2. The van der Waals surface area contributed by atoms with Gasteiger partial charge in [-0.1, -0.05) is 37.2 Å². The van der Waals surface area contributed by atoms with Crippen molar-refractivity contribution in [3.63, 3.8) is 0 Å². The molecule has 8 heteroatoms. The topological polar surface area (TPSA) is 77.7 Å². The van der Waals surface area contributed by atoms with Gasteiger partial charge in [0.05, 0.1) is 28.8 Å². The van der Waals surface area contributed by atoms with Crippen molar-refractivity contribution < 1.29 is 17.9 Å². The first-order chi connectivity index (χ1) is 14.2. The fourth-order valence-electron chi connectivity index (χ4n) is 2.95. The standard InChI is InChI=1S/C22H22N2O4S2/c1-5-12-24-19-11-6-16(15(2)3)13-20(19)29-22(24)23-21(25)14-30(26,27)18-9-7-17(28-4)8-10-18/h1,6-11,13,15H,12,14H2,2-4H3. The molecule has 0 atom stereocenters. The highest BCUT2D eigenvalue weighted by atomic mass is 32.2. The number of carbonyl (C=O) groups is 1. The van der Waals surface area contributed by atoms with Crippen LogP contribution in [-0.2, 0) is 21.2 Å². The van der Waals surface area contributed by atoms with Crippen LogP contribution < -0.4 is 9.54 Å². The monoisotopic (exact) mass is 442 g/mol. The van der Waals surface area contributed by atoms with Crippen LogP contribution in [0.2, 0.25) is 0 Å². The number of amides is 1. The summed E-state index contributed by atoms with van der Waals surface area (Å²) >= 11 is 1.32. The summed E-state index contributed by atoms with van der Waals surface area (Å²) in [5.74, 6) is 1.99. The first-order valence-electron chi connectivity index (χ1n) is 9.26. The third-order valence-electron chi connectivity index (χ3n) is 4.58. The van der Waals surface area contributed by atoms with Crippen molar-refractivity contribution in [2.45, 2.75) is 31.2 Å². The Morgan fingerprint density at radius 1 is 1.23 bits per heavy atom. The second-order valence-corrected chi connectivity index (χ2v) is 10.00. The molecule has 0 aliphatic carbocycles. The number of nitrogens with zero attached hydrogens (tertiary/aromatic N) is 2. The average molecular weight is 443 g/mol. The zero-order chi connectivity index (χ0) is 21.9. The zero-order valence-corrected chi connectivity index (χ0v) is 18.6. The second kappa shape index (κ2) is 8.86. The molecule has 30 heavy (non-hydrogen) atoms. The van der Waals surface area contributed by atoms with Gasteiger partial charge < -0.3 is 9.30 Å². The molecule has 0 aliphatic heterocycles. The number of fused-ring (bicyclic) bond motifs is 1. The van der Waals surface area contributed by atoms with Gasteiger partial charge in [-0.25, -0.2) is 8.42 Å². The van der Waals surface area contributed by atoms with Crippen LogP contribution in [0.25, 0.3) is 10.2 Å². The Hall–Kier alpha value is -2.89. The molecule has 1 amide bonds. The van der Waals surface area contributed by atoms with E-state index in [2.05, 4.69) is 30.8 Å². The van der Waals surface area contributed by atoms with Gasteiger partial charge in [-0.3, -0.25) is 4.79 Å². The molecular weight excluding hydrogens is 420 g/mol. The van der Waals surface area contributed by atoms with Crippen LogP contribution in [0.5, 0.6) is 5.75 Å². The molecule has 0 fully saturated rings. The summed E-state index contributed by atoms with van der Waals surface area (Å²) in [7, 11) is -2.33. The van der Waals surface area contributed by atoms with E-state index in [-0.39, 0.29) is 11.4 Å². The van der Waals surface area contributed by atoms with Crippen molar-refractivity contribution >= 4 is 37.3 Å². The van der Waals surface area contributed by atoms with Crippen LogP contribution in [0, 0.1) is 12.3 Å². The molecule has 2 aromatic carbocycles. The van der Waals surface area contributed by atoms with Crippen molar-refractivity contribution in [2.75, 3.05) is 12.9 Å². The average Bonchev–Trinajstić information content (AvgIpc) is 3.04. The number of sulfone groups is 1. The van der Waals surface area contributed by atoms with E-state index in [1.165, 1.54) is 42.7 Å². The van der Waals surface area contributed by atoms with E-state index in [1.54, 1.807) is 4.57 Å². The lowest BCUT2D eigenvalue weighted by Gasteiger charge is -2.05. The molecule has 3 aromatic rings. The van der Waals surface area contributed by atoms with Crippen LogP contribution in [0.15, 0.2) is 52.4 Å². The fourth-order valence-corrected chi connectivity index (χ4v) is 5.15. The Morgan fingerprint density at radius 3 is 2.53 bits per heavy atom. The molecular formula is C22H22N2O4S2. The summed E-state index contributed by atoms with van der Waals surface area (Å²) in [5.41, 5.74) is 2.03. The molecule has 0 aliphatic rings.